The zero-order chi connectivity index (χ0) is 29.8. The van der Waals surface area contributed by atoms with Crippen LogP contribution in [0.15, 0.2) is 89.2 Å². The molecular weight excluding hydrogens is 591 g/mol. The third-order valence-electron chi connectivity index (χ3n) is 6.58. The summed E-state index contributed by atoms with van der Waals surface area (Å²) in [6, 6.07) is 19.8. The number of sulfonamides is 1. The van der Waals surface area contributed by atoms with E-state index in [1.807, 2.05) is 18.2 Å². The smallest absolute Gasteiger partial charge is 0.258 e. The quantitative estimate of drug-likeness (QED) is 0.345. The molecule has 218 valence electrons. The largest absolute Gasteiger partial charge is 0.457 e. The number of piperidine rings is 1. The van der Waals surface area contributed by atoms with Crippen LogP contribution in [0.5, 0.6) is 11.5 Å². The second-order valence-corrected chi connectivity index (χ2v) is 14.1. The number of rotatable bonds is 9. The Bertz CT molecular complexity index is 1660. The van der Waals surface area contributed by atoms with Gasteiger partial charge in [-0.25, -0.2) is 21.2 Å². The predicted octanol–water partition coefficient (Wildman–Crippen LogP) is 5.36. The van der Waals surface area contributed by atoms with E-state index in [0.29, 0.717) is 27.6 Å². The van der Waals surface area contributed by atoms with Gasteiger partial charge in [-0.05, 0) is 55.0 Å². The van der Waals surface area contributed by atoms with Crippen molar-refractivity contribution < 1.29 is 30.8 Å². The van der Waals surface area contributed by atoms with Gasteiger partial charge in [0.2, 0.25) is 10.0 Å². The highest BCUT2D eigenvalue weighted by Gasteiger charge is 2.44. The summed E-state index contributed by atoms with van der Waals surface area (Å²) in [6.07, 6.45) is 1.54. The normalized spacial score (nSPS) is 16.8. The maximum Gasteiger partial charge on any atom is 0.258 e. The van der Waals surface area contributed by atoms with Crippen molar-refractivity contribution in [1.29, 1.82) is 0 Å². The molecule has 0 aromatic heterocycles. The van der Waals surface area contributed by atoms with Gasteiger partial charge in [0.25, 0.3) is 5.91 Å². The van der Waals surface area contributed by atoms with Gasteiger partial charge in [-0.2, -0.15) is 4.31 Å². The van der Waals surface area contributed by atoms with Crippen molar-refractivity contribution in [3.8, 4) is 22.6 Å². The van der Waals surface area contributed by atoms with Gasteiger partial charge in [0.15, 0.2) is 15.5 Å². The average Bonchev–Trinajstić information content (AvgIpc) is 2.92. The van der Waals surface area contributed by atoms with Gasteiger partial charge < -0.3 is 10.1 Å². The number of hydrogen-bond acceptors (Lipinski definition) is 6. The summed E-state index contributed by atoms with van der Waals surface area (Å²) >= 11 is 6.26. The van der Waals surface area contributed by atoms with Crippen LogP contribution in [0.25, 0.3) is 11.1 Å². The van der Waals surface area contributed by atoms with E-state index in [0.717, 1.165) is 16.0 Å². The molecule has 1 heterocycles. The highest BCUT2D eigenvalue weighted by atomic mass is 35.5. The lowest BCUT2D eigenvalue weighted by Crippen LogP contribution is -2.53. The average molecular weight is 621 g/mol. The van der Waals surface area contributed by atoms with Gasteiger partial charge in [-0.1, -0.05) is 48.0 Å². The SMILES string of the molecule is C[C@@H](/C=C\S(C)(=O)=O)NC(=O)C1(F)CCN(S(=O)(=O)c2ccc(Cl)cc2-c2cccc(Oc3ccccc3)c2)CC1. The minimum atomic E-state index is -4.10. The molecule has 12 heteroatoms. The van der Waals surface area contributed by atoms with Crippen molar-refractivity contribution in [2.45, 2.75) is 36.4 Å². The molecule has 8 nitrogen and oxygen atoms in total. The Labute approximate surface area is 244 Å². The van der Waals surface area contributed by atoms with Crippen molar-refractivity contribution in [2.24, 2.45) is 0 Å². The molecule has 1 atom stereocenters. The molecule has 1 aliphatic heterocycles. The Morgan fingerprint density at radius 2 is 1.66 bits per heavy atom. The standard InChI is InChI=1S/C29H30ClFN2O6S2/c1-21(13-18-40(2,35)36)32-28(34)29(31)14-16-33(17-15-29)41(37,38)27-12-11-23(30)20-26(27)22-7-6-10-25(19-22)39-24-8-4-3-5-9-24/h3-13,18-21H,14-17H2,1-2H3,(H,32,34)/b18-13-/t21-/m0/s1. The molecular formula is C29H30ClFN2O6S2. The zero-order valence-electron chi connectivity index (χ0n) is 22.5. The number of para-hydroxylation sites is 1. The summed E-state index contributed by atoms with van der Waals surface area (Å²) in [5, 5.41) is 3.72. The molecule has 3 aromatic rings. The number of alkyl halides is 1. The van der Waals surface area contributed by atoms with Gasteiger partial charge in [-0.15, -0.1) is 0 Å². The van der Waals surface area contributed by atoms with Crippen LogP contribution < -0.4 is 10.1 Å². The van der Waals surface area contributed by atoms with Crippen LogP contribution in [0.2, 0.25) is 5.02 Å². The maximum absolute atomic E-state index is 15.6. The van der Waals surface area contributed by atoms with Crippen LogP contribution >= 0.6 is 11.6 Å². The van der Waals surface area contributed by atoms with E-state index in [-0.39, 0.29) is 30.8 Å². The van der Waals surface area contributed by atoms with E-state index in [4.69, 9.17) is 16.3 Å². The van der Waals surface area contributed by atoms with E-state index in [2.05, 4.69) is 5.32 Å². The minimum Gasteiger partial charge on any atom is -0.457 e. The number of carbonyl (C=O) groups excluding carboxylic acids is 1. The van der Waals surface area contributed by atoms with E-state index in [1.165, 1.54) is 25.1 Å². The molecule has 0 radical (unpaired) electrons. The zero-order valence-corrected chi connectivity index (χ0v) is 24.8. The highest BCUT2D eigenvalue weighted by molar-refractivity contribution is 7.93. The van der Waals surface area contributed by atoms with Crippen molar-refractivity contribution in [1.82, 2.24) is 9.62 Å². The molecule has 0 spiro atoms. The molecule has 0 bridgehead atoms. The third kappa shape index (κ3) is 7.73. The number of nitrogens with one attached hydrogen (secondary N) is 1. The lowest BCUT2D eigenvalue weighted by molar-refractivity contribution is -0.135. The molecule has 1 fully saturated rings. The number of ether oxygens (including phenoxy) is 1. The van der Waals surface area contributed by atoms with E-state index >= 15 is 4.39 Å². The number of carbonyl (C=O) groups is 1. The van der Waals surface area contributed by atoms with Gasteiger partial charge in [0.1, 0.15) is 11.5 Å². The molecule has 1 amide bonds. The monoisotopic (exact) mass is 620 g/mol. The summed E-state index contributed by atoms with van der Waals surface area (Å²) in [6.45, 7) is 1.07. The fourth-order valence-electron chi connectivity index (χ4n) is 4.40. The van der Waals surface area contributed by atoms with E-state index in [1.54, 1.807) is 42.5 Å². The molecule has 1 aliphatic rings. The van der Waals surface area contributed by atoms with E-state index in [9.17, 15) is 21.6 Å². The van der Waals surface area contributed by atoms with Crippen molar-refractivity contribution in [2.75, 3.05) is 19.3 Å². The van der Waals surface area contributed by atoms with Crippen LogP contribution in [0.4, 0.5) is 4.39 Å². The summed E-state index contributed by atoms with van der Waals surface area (Å²) in [4.78, 5) is 12.7. The summed E-state index contributed by atoms with van der Waals surface area (Å²) in [5.74, 6) is 0.211. The van der Waals surface area contributed by atoms with Gasteiger partial charge >= 0.3 is 0 Å². The van der Waals surface area contributed by atoms with Crippen molar-refractivity contribution >= 4 is 37.4 Å². The van der Waals surface area contributed by atoms with Gasteiger partial charge in [0.05, 0.1) is 4.90 Å². The molecule has 4 rings (SSSR count). The van der Waals surface area contributed by atoms with Gasteiger partial charge in [0, 0.05) is 54.2 Å². The number of sulfone groups is 1. The van der Waals surface area contributed by atoms with Crippen molar-refractivity contribution in [3.05, 3.63) is 89.3 Å². The maximum atomic E-state index is 15.6. The number of amides is 1. The van der Waals surface area contributed by atoms with Crippen LogP contribution in [-0.2, 0) is 24.7 Å². The molecule has 41 heavy (non-hydrogen) atoms. The van der Waals surface area contributed by atoms with Crippen LogP contribution in [0.1, 0.15) is 19.8 Å². The number of halogens is 2. The number of benzene rings is 3. The lowest BCUT2D eigenvalue weighted by Gasteiger charge is -2.35. The molecule has 1 N–H and O–H groups in total. The second kappa shape index (κ2) is 12.3. The Morgan fingerprint density at radius 1 is 1.00 bits per heavy atom. The first-order chi connectivity index (χ1) is 19.3. The third-order valence-corrected chi connectivity index (χ3v) is 9.42. The molecule has 0 unspecified atom stereocenters. The topological polar surface area (TPSA) is 110 Å². The van der Waals surface area contributed by atoms with E-state index < -0.39 is 37.5 Å². The molecule has 1 saturated heterocycles. The first kappa shape index (κ1) is 30.7. The Kier molecular flexibility index (Phi) is 9.22. The minimum absolute atomic E-state index is 0.00546. The first-order valence-electron chi connectivity index (χ1n) is 12.8. The first-order valence-corrected chi connectivity index (χ1v) is 16.6. The summed E-state index contributed by atoms with van der Waals surface area (Å²) in [7, 11) is -7.50. The van der Waals surface area contributed by atoms with Crippen molar-refractivity contribution in [3.63, 3.8) is 0 Å². The second-order valence-electron chi connectivity index (χ2n) is 9.87. The summed E-state index contributed by atoms with van der Waals surface area (Å²) in [5.41, 5.74) is -1.38. The molecule has 0 aliphatic carbocycles. The Hall–Kier alpha value is -3.25. The Balaban J connectivity index is 1.53. The summed E-state index contributed by atoms with van der Waals surface area (Å²) < 4.78 is 72.8. The molecule has 0 saturated carbocycles. The fraction of sp³-hybridized carbons (Fsp3) is 0.276. The van der Waals surface area contributed by atoms with Crippen LogP contribution in [0.3, 0.4) is 0 Å². The Morgan fingerprint density at radius 3 is 2.32 bits per heavy atom. The number of nitrogens with zero attached hydrogens (tertiary/aromatic N) is 1. The highest BCUT2D eigenvalue weighted by Crippen LogP contribution is 2.37. The lowest BCUT2D eigenvalue weighted by atomic mass is 9.93. The van der Waals surface area contributed by atoms with Crippen LogP contribution in [0, 0.1) is 0 Å². The predicted molar refractivity (Wildman–Crippen MR) is 157 cm³/mol. The number of hydrogen-bond donors (Lipinski definition) is 1. The molecule has 3 aromatic carbocycles. The fourth-order valence-corrected chi connectivity index (χ4v) is 6.73. The van der Waals surface area contributed by atoms with Gasteiger partial charge in [-0.3, -0.25) is 4.79 Å². The van der Waals surface area contributed by atoms with Crippen LogP contribution in [-0.4, -0.2) is 58.1 Å².